The topological polar surface area (TPSA) is 66.8 Å². The molecule has 1 aromatic rings. The Morgan fingerprint density at radius 1 is 1.25 bits per heavy atom. The minimum Gasteiger partial charge on any atom is -0.483 e. The largest absolute Gasteiger partial charge is 0.483 e. The molecule has 0 radical (unpaired) electrons. The quantitative estimate of drug-likeness (QED) is 0.915. The molecular formula is C15H19NO4. The maximum absolute atomic E-state index is 12.0. The maximum Gasteiger partial charge on any atom is 0.339 e. The number of hydrogen-bond donors (Lipinski definition) is 1. The van der Waals surface area contributed by atoms with Crippen LogP contribution in [-0.4, -0.2) is 41.6 Å². The molecule has 0 spiro atoms. The van der Waals surface area contributed by atoms with Crippen LogP contribution < -0.4 is 4.74 Å². The van der Waals surface area contributed by atoms with Crippen LogP contribution >= 0.6 is 0 Å². The van der Waals surface area contributed by atoms with Crippen molar-refractivity contribution in [1.82, 2.24) is 4.90 Å². The third-order valence-corrected chi connectivity index (χ3v) is 3.49. The Morgan fingerprint density at radius 3 is 2.60 bits per heavy atom. The first kappa shape index (κ1) is 14.4. The second kappa shape index (κ2) is 6.41. The summed E-state index contributed by atoms with van der Waals surface area (Å²) in [7, 11) is 0. The van der Waals surface area contributed by atoms with Crippen LogP contribution in [0.5, 0.6) is 5.75 Å². The lowest BCUT2D eigenvalue weighted by Crippen LogP contribution is -2.38. The molecule has 0 bridgehead atoms. The van der Waals surface area contributed by atoms with Crippen molar-refractivity contribution in [2.75, 3.05) is 19.7 Å². The summed E-state index contributed by atoms with van der Waals surface area (Å²) in [6, 6.07) is 4.92. The van der Waals surface area contributed by atoms with E-state index >= 15 is 0 Å². The number of carbonyl (C=O) groups is 2. The zero-order valence-corrected chi connectivity index (χ0v) is 11.6. The third-order valence-electron chi connectivity index (χ3n) is 3.49. The van der Waals surface area contributed by atoms with Gasteiger partial charge in [0.05, 0.1) is 0 Å². The Bertz CT molecular complexity index is 507. The molecule has 1 aliphatic heterocycles. The number of aryl methyl sites for hydroxylation is 1. The van der Waals surface area contributed by atoms with Gasteiger partial charge in [-0.1, -0.05) is 12.1 Å². The first-order valence-corrected chi connectivity index (χ1v) is 6.83. The molecule has 108 valence electrons. The molecule has 0 saturated carbocycles. The van der Waals surface area contributed by atoms with Gasteiger partial charge in [0.25, 0.3) is 5.91 Å². The normalized spacial score (nSPS) is 14.9. The monoisotopic (exact) mass is 277 g/mol. The number of carboxylic acids is 1. The number of para-hydroxylation sites is 1. The van der Waals surface area contributed by atoms with Gasteiger partial charge in [-0.3, -0.25) is 4.79 Å². The average Bonchev–Trinajstić information content (AvgIpc) is 2.46. The summed E-state index contributed by atoms with van der Waals surface area (Å²) >= 11 is 0. The molecule has 1 heterocycles. The van der Waals surface area contributed by atoms with E-state index < -0.39 is 5.97 Å². The molecule has 5 heteroatoms. The van der Waals surface area contributed by atoms with Gasteiger partial charge in [-0.05, 0) is 37.8 Å². The van der Waals surface area contributed by atoms with Gasteiger partial charge in [0.15, 0.2) is 6.61 Å². The maximum atomic E-state index is 12.0. The van der Waals surface area contributed by atoms with Crippen LogP contribution in [0.4, 0.5) is 0 Å². The Balaban J connectivity index is 2.03. The lowest BCUT2D eigenvalue weighted by atomic mass is 10.1. The Kier molecular flexibility index (Phi) is 4.61. The van der Waals surface area contributed by atoms with Crippen LogP contribution in [0.1, 0.15) is 35.2 Å². The van der Waals surface area contributed by atoms with Crippen LogP contribution in [0.15, 0.2) is 18.2 Å². The lowest BCUT2D eigenvalue weighted by Gasteiger charge is -2.26. The smallest absolute Gasteiger partial charge is 0.339 e. The Morgan fingerprint density at radius 2 is 1.95 bits per heavy atom. The average molecular weight is 277 g/mol. The van der Waals surface area contributed by atoms with Gasteiger partial charge < -0.3 is 14.7 Å². The molecule has 1 N–H and O–H groups in total. The summed E-state index contributed by atoms with van der Waals surface area (Å²) in [4.78, 5) is 24.9. The van der Waals surface area contributed by atoms with Crippen LogP contribution in [-0.2, 0) is 4.79 Å². The molecule has 5 nitrogen and oxygen atoms in total. The van der Waals surface area contributed by atoms with Crippen molar-refractivity contribution in [1.29, 1.82) is 0 Å². The van der Waals surface area contributed by atoms with Crippen LogP contribution in [0.2, 0.25) is 0 Å². The van der Waals surface area contributed by atoms with Gasteiger partial charge in [0.2, 0.25) is 0 Å². The number of amides is 1. The van der Waals surface area contributed by atoms with Crippen molar-refractivity contribution >= 4 is 11.9 Å². The van der Waals surface area contributed by atoms with Gasteiger partial charge >= 0.3 is 5.97 Å². The number of hydrogen-bond acceptors (Lipinski definition) is 3. The lowest BCUT2D eigenvalue weighted by molar-refractivity contribution is -0.134. The number of rotatable bonds is 4. The van der Waals surface area contributed by atoms with Gasteiger partial charge in [-0.25, -0.2) is 4.79 Å². The second-order valence-electron chi connectivity index (χ2n) is 4.99. The number of carboxylic acid groups (broad SMARTS) is 1. The van der Waals surface area contributed by atoms with Crippen molar-refractivity contribution in [2.45, 2.75) is 26.2 Å². The molecule has 0 atom stereocenters. The molecular weight excluding hydrogens is 258 g/mol. The van der Waals surface area contributed by atoms with Gasteiger partial charge in [0.1, 0.15) is 11.3 Å². The third kappa shape index (κ3) is 3.29. The molecule has 1 amide bonds. The first-order valence-electron chi connectivity index (χ1n) is 6.83. The van der Waals surface area contributed by atoms with E-state index in [4.69, 9.17) is 9.84 Å². The summed E-state index contributed by atoms with van der Waals surface area (Å²) in [5.74, 6) is -0.844. The first-order chi connectivity index (χ1) is 9.59. The molecule has 1 aliphatic rings. The van der Waals surface area contributed by atoms with E-state index in [-0.39, 0.29) is 23.8 Å². The summed E-state index contributed by atoms with van der Waals surface area (Å²) < 4.78 is 5.47. The van der Waals surface area contributed by atoms with E-state index in [1.54, 1.807) is 24.0 Å². The highest BCUT2D eigenvalue weighted by atomic mass is 16.5. The minimum absolute atomic E-state index is 0.0794. The van der Waals surface area contributed by atoms with Crippen molar-refractivity contribution in [2.24, 2.45) is 0 Å². The van der Waals surface area contributed by atoms with E-state index in [1.807, 2.05) is 0 Å². The molecule has 1 fully saturated rings. The molecule has 1 saturated heterocycles. The number of nitrogens with zero attached hydrogens (tertiary/aromatic N) is 1. The van der Waals surface area contributed by atoms with E-state index in [0.29, 0.717) is 0 Å². The van der Waals surface area contributed by atoms with Gasteiger partial charge in [-0.2, -0.15) is 0 Å². The summed E-state index contributed by atoms with van der Waals surface area (Å²) in [6.07, 6.45) is 3.21. The zero-order valence-electron chi connectivity index (χ0n) is 11.6. The number of likely N-dealkylation sites (tertiary alicyclic amines) is 1. The highest BCUT2D eigenvalue weighted by molar-refractivity contribution is 5.91. The molecule has 2 rings (SSSR count). The zero-order chi connectivity index (χ0) is 14.5. The molecule has 1 aromatic carbocycles. The SMILES string of the molecule is Cc1cccc(C(=O)O)c1OCC(=O)N1CCCCC1. The fourth-order valence-corrected chi connectivity index (χ4v) is 2.38. The number of piperidine rings is 1. The van der Waals surface area contributed by atoms with E-state index in [0.717, 1.165) is 37.9 Å². The molecule has 0 aromatic heterocycles. The number of aromatic carboxylic acids is 1. The van der Waals surface area contributed by atoms with Crippen molar-refractivity contribution in [3.8, 4) is 5.75 Å². The summed E-state index contributed by atoms with van der Waals surface area (Å²) in [5, 5.41) is 9.13. The predicted octanol–water partition coefficient (Wildman–Crippen LogP) is 2.08. The molecule has 0 aliphatic carbocycles. The highest BCUT2D eigenvalue weighted by Gasteiger charge is 2.19. The van der Waals surface area contributed by atoms with E-state index in [9.17, 15) is 9.59 Å². The van der Waals surface area contributed by atoms with Crippen LogP contribution in [0, 0.1) is 6.92 Å². The van der Waals surface area contributed by atoms with Crippen molar-refractivity contribution in [3.05, 3.63) is 29.3 Å². The van der Waals surface area contributed by atoms with Crippen molar-refractivity contribution in [3.63, 3.8) is 0 Å². The van der Waals surface area contributed by atoms with Crippen molar-refractivity contribution < 1.29 is 19.4 Å². The molecule has 20 heavy (non-hydrogen) atoms. The number of ether oxygens (including phenoxy) is 1. The second-order valence-corrected chi connectivity index (χ2v) is 4.99. The van der Waals surface area contributed by atoms with Gasteiger partial charge in [-0.15, -0.1) is 0 Å². The summed E-state index contributed by atoms with van der Waals surface area (Å²) in [5.41, 5.74) is 0.813. The number of benzene rings is 1. The Labute approximate surface area is 118 Å². The predicted molar refractivity (Wildman–Crippen MR) is 74.1 cm³/mol. The highest BCUT2D eigenvalue weighted by Crippen LogP contribution is 2.23. The van der Waals surface area contributed by atoms with E-state index in [2.05, 4.69) is 0 Å². The van der Waals surface area contributed by atoms with E-state index in [1.165, 1.54) is 6.07 Å². The van der Waals surface area contributed by atoms with Gasteiger partial charge in [0, 0.05) is 13.1 Å². The minimum atomic E-state index is -1.05. The summed E-state index contributed by atoms with van der Waals surface area (Å²) in [6.45, 7) is 3.20. The fraction of sp³-hybridized carbons (Fsp3) is 0.467. The molecule has 0 unspecified atom stereocenters. The standard InChI is InChI=1S/C15H19NO4/c1-11-6-5-7-12(15(18)19)14(11)20-10-13(17)16-8-3-2-4-9-16/h5-7H,2-4,8-10H2,1H3,(H,18,19). The van der Waals surface area contributed by atoms with Crippen LogP contribution in [0.25, 0.3) is 0 Å². The fourth-order valence-electron chi connectivity index (χ4n) is 2.38. The number of carbonyl (C=O) groups excluding carboxylic acids is 1. The van der Waals surface area contributed by atoms with Crippen LogP contribution in [0.3, 0.4) is 0 Å². The Hall–Kier alpha value is -2.04.